The van der Waals surface area contributed by atoms with Crippen LogP contribution < -0.4 is 16.3 Å². The van der Waals surface area contributed by atoms with E-state index in [0.29, 0.717) is 35.3 Å². The maximum atomic E-state index is 13.5. The van der Waals surface area contributed by atoms with Crippen molar-refractivity contribution >= 4 is 29.1 Å². The lowest BCUT2D eigenvalue weighted by Crippen LogP contribution is -2.30. The lowest BCUT2D eigenvalue weighted by molar-refractivity contribution is 0.0929. The van der Waals surface area contributed by atoms with Gasteiger partial charge in [0.05, 0.1) is 17.3 Å². The van der Waals surface area contributed by atoms with Crippen molar-refractivity contribution in [2.75, 3.05) is 0 Å². The summed E-state index contributed by atoms with van der Waals surface area (Å²) in [5, 5.41) is 20.0. The Morgan fingerprint density at radius 1 is 1.17 bits per heavy atom. The number of nitrogens with zero attached hydrogens (tertiary/aromatic N) is 3. The number of aromatic nitrogens is 5. The summed E-state index contributed by atoms with van der Waals surface area (Å²) in [6.45, 7) is 1.99. The number of hydrogen-bond donors (Lipinski definition) is 5. The standard InChI is InChI=1S/C28H23ClFN7O4/c1-13-15-5-7-20(17(15)4-3-16(13)24-27(40)36-28(41)35-24)34-26(39)22-11-21(33-23-8-9-32-37(22)23)25(38)31-12-14-2-6-19(30)18(29)10-14/h2-4,6,8-11,20,40H,5,7,12H2,1H3,(H,31,38)(H,34,39)(H2,35,36,41)/t20-/m0/s1. The van der Waals surface area contributed by atoms with Crippen LogP contribution in [0, 0.1) is 12.7 Å². The Bertz CT molecular complexity index is 1910. The topological polar surface area (TPSA) is 157 Å². The van der Waals surface area contributed by atoms with Gasteiger partial charge in [0.2, 0.25) is 5.88 Å². The van der Waals surface area contributed by atoms with Crippen LogP contribution in [0.25, 0.3) is 16.9 Å². The zero-order chi connectivity index (χ0) is 28.8. The van der Waals surface area contributed by atoms with Gasteiger partial charge in [0.25, 0.3) is 11.8 Å². The average Bonchev–Trinajstić information content (AvgIpc) is 3.67. The van der Waals surface area contributed by atoms with Crippen LogP contribution >= 0.6 is 11.6 Å². The third-order valence-electron chi connectivity index (χ3n) is 7.24. The minimum Gasteiger partial charge on any atom is -0.493 e. The zero-order valence-corrected chi connectivity index (χ0v) is 22.3. The lowest BCUT2D eigenvalue weighted by atomic mass is 9.96. The predicted molar refractivity (Wildman–Crippen MR) is 147 cm³/mol. The zero-order valence-electron chi connectivity index (χ0n) is 21.6. The molecule has 0 fully saturated rings. The van der Waals surface area contributed by atoms with E-state index in [1.807, 2.05) is 13.0 Å². The summed E-state index contributed by atoms with van der Waals surface area (Å²) in [6, 6.07) is 10.5. The maximum Gasteiger partial charge on any atom is 0.326 e. The first-order chi connectivity index (χ1) is 19.7. The predicted octanol–water partition coefficient (Wildman–Crippen LogP) is 3.57. The van der Waals surface area contributed by atoms with Crippen LogP contribution in [0.2, 0.25) is 5.02 Å². The fraction of sp³-hybridized carbons (Fsp3) is 0.179. The van der Waals surface area contributed by atoms with Crippen molar-refractivity contribution in [3.05, 3.63) is 104 Å². The van der Waals surface area contributed by atoms with Gasteiger partial charge in [0, 0.05) is 24.2 Å². The number of benzene rings is 2. The second-order valence-electron chi connectivity index (χ2n) is 9.73. The Morgan fingerprint density at radius 2 is 2.00 bits per heavy atom. The van der Waals surface area contributed by atoms with Crippen molar-refractivity contribution < 1.29 is 19.1 Å². The van der Waals surface area contributed by atoms with E-state index < -0.39 is 23.3 Å². The Kier molecular flexibility index (Phi) is 6.54. The van der Waals surface area contributed by atoms with Gasteiger partial charge >= 0.3 is 5.69 Å². The second kappa shape index (κ2) is 10.2. The molecule has 3 aromatic heterocycles. The Balaban J connectivity index is 1.24. The summed E-state index contributed by atoms with van der Waals surface area (Å²) in [7, 11) is 0. The quantitative estimate of drug-likeness (QED) is 0.208. The van der Waals surface area contributed by atoms with Gasteiger partial charge in [0.1, 0.15) is 22.9 Å². The first-order valence-corrected chi connectivity index (χ1v) is 13.1. The molecule has 13 heteroatoms. The van der Waals surface area contributed by atoms with Gasteiger partial charge in [0.15, 0.2) is 5.65 Å². The van der Waals surface area contributed by atoms with Gasteiger partial charge in [-0.3, -0.25) is 14.6 Å². The SMILES string of the molecule is Cc1c(-c2[nH]c(=O)[nH]c2O)ccc2c1CC[C@@H]2NC(=O)c1cc(C(=O)NCc2ccc(F)c(Cl)c2)nc2ccnn12. The fourth-order valence-corrected chi connectivity index (χ4v) is 5.42. The van der Waals surface area contributed by atoms with Crippen molar-refractivity contribution in [1.82, 2.24) is 35.2 Å². The van der Waals surface area contributed by atoms with Crippen LogP contribution in [0.1, 0.15) is 55.7 Å². The molecular weight excluding hydrogens is 553 g/mol. The highest BCUT2D eigenvalue weighted by atomic mass is 35.5. The highest BCUT2D eigenvalue weighted by molar-refractivity contribution is 6.30. The van der Waals surface area contributed by atoms with Gasteiger partial charge in [-0.2, -0.15) is 5.10 Å². The van der Waals surface area contributed by atoms with E-state index >= 15 is 0 Å². The molecule has 0 saturated heterocycles. The van der Waals surface area contributed by atoms with Gasteiger partial charge in [-0.15, -0.1) is 0 Å². The Morgan fingerprint density at radius 3 is 2.76 bits per heavy atom. The minimum absolute atomic E-state index is 0.0176. The molecule has 0 unspecified atom stereocenters. The largest absolute Gasteiger partial charge is 0.493 e. The molecule has 3 heterocycles. The van der Waals surface area contributed by atoms with Crippen molar-refractivity contribution in [1.29, 1.82) is 0 Å². The van der Waals surface area contributed by atoms with Crippen LogP contribution in [-0.2, 0) is 13.0 Å². The van der Waals surface area contributed by atoms with Crippen LogP contribution in [0.5, 0.6) is 5.88 Å². The van der Waals surface area contributed by atoms with E-state index in [2.05, 4.69) is 30.7 Å². The van der Waals surface area contributed by atoms with Gasteiger partial charge in [-0.05, 0) is 54.2 Å². The van der Waals surface area contributed by atoms with E-state index in [1.165, 1.54) is 35.0 Å². The molecule has 208 valence electrons. The normalized spacial score (nSPS) is 14.3. The van der Waals surface area contributed by atoms with Gasteiger partial charge in [-0.1, -0.05) is 29.8 Å². The Labute approximate surface area is 236 Å². The van der Waals surface area contributed by atoms with E-state index in [9.17, 15) is 23.9 Å². The molecule has 2 amide bonds. The molecule has 41 heavy (non-hydrogen) atoms. The summed E-state index contributed by atoms with van der Waals surface area (Å²) >= 11 is 5.83. The second-order valence-corrected chi connectivity index (χ2v) is 10.1. The highest BCUT2D eigenvalue weighted by Crippen LogP contribution is 2.38. The lowest BCUT2D eigenvalue weighted by Gasteiger charge is -2.17. The number of fused-ring (bicyclic) bond motifs is 2. The van der Waals surface area contributed by atoms with Crippen LogP contribution in [0.3, 0.4) is 0 Å². The number of imidazole rings is 1. The van der Waals surface area contributed by atoms with Gasteiger partial charge in [-0.25, -0.2) is 18.7 Å². The fourth-order valence-electron chi connectivity index (χ4n) is 5.22. The Hall–Kier alpha value is -4.97. The van der Waals surface area contributed by atoms with Crippen LogP contribution in [-0.4, -0.2) is 41.5 Å². The van der Waals surface area contributed by atoms with Crippen LogP contribution in [0.4, 0.5) is 4.39 Å². The first kappa shape index (κ1) is 26.3. The number of carbonyl (C=O) groups excluding carboxylic acids is 2. The number of carbonyl (C=O) groups is 2. The molecule has 5 aromatic rings. The number of aromatic hydroxyl groups is 1. The molecule has 1 aliphatic rings. The van der Waals surface area contributed by atoms with E-state index in [4.69, 9.17) is 11.6 Å². The molecule has 0 bridgehead atoms. The number of hydrogen-bond acceptors (Lipinski definition) is 6. The number of H-pyrrole nitrogens is 2. The van der Waals surface area contributed by atoms with Crippen molar-refractivity contribution in [3.8, 4) is 17.1 Å². The molecule has 1 aliphatic carbocycles. The van der Waals surface area contributed by atoms with Crippen LogP contribution in [0.15, 0.2) is 53.5 Å². The molecule has 0 spiro atoms. The molecule has 6 rings (SSSR count). The third kappa shape index (κ3) is 4.82. The van der Waals surface area contributed by atoms with Gasteiger partial charge < -0.3 is 20.7 Å². The molecule has 0 aliphatic heterocycles. The summed E-state index contributed by atoms with van der Waals surface area (Å²) < 4.78 is 14.8. The summed E-state index contributed by atoms with van der Waals surface area (Å²) in [4.78, 5) is 47.3. The summed E-state index contributed by atoms with van der Waals surface area (Å²) in [6.07, 6.45) is 2.81. The van der Waals surface area contributed by atoms with E-state index in [1.54, 1.807) is 12.1 Å². The molecule has 1 atom stereocenters. The molecule has 5 N–H and O–H groups in total. The monoisotopic (exact) mass is 575 g/mol. The number of amides is 2. The third-order valence-corrected chi connectivity index (χ3v) is 7.53. The number of halogens is 2. The smallest absolute Gasteiger partial charge is 0.326 e. The molecular formula is C28H23ClFN7O4. The molecule has 2 aromatic carbocycles. The van der Waals surface area contributed by atoms with E-state index in [-0.39, 0.29) is 34.9 Å². The summed E-state index contributed by atoms with van der Waals surface area (Å²) in [5.74, 6) is -1.75. The number of aromatic amines is 2. The maximum absolute atomic E-state index is 13.5. The number of rotatable bonds is 6. The molecule has 11 nitrogen and oxygen atoms in total. The van der Waals surface area contributed by atoms with E-state index in [0.717, 1.165) is 16.7 Å². The van der Waals surface area contributed by atoms with Crippen molar-refractivity contribution in [2.45, 2.75) is 32.4 Å². The molecule has 0 saturated carbocycles. The van der Waals surface area contributed by atoms with Crippen molar-refractivity contribution in [2.24, 2.45) is 0 Å². The summed E-state index contributed by atoms with van der Waals surface area (Å²) in [5.41, 5.74) is 4.42. The highest BCUT2D eigenvalue weighted by Gasteiger charge is 2.29. The first-order valence-electron chi connectivity index (χ1n) is 12.7. The van der Waals surface area contributed by atoms with Crippen molar-refractivity contribution in [3.63, 3.8) is 0 Å². The number of nitrogens with one attached hydrogen (secondary N) is 4. The minimum atomic E-state index is -0.554. The average molecular weight is 576 g/mol. The molecule has 0 radical (unpaired) electrons.